The third-order valence-electron chi connectivity index (χ3n) is 3.16. The quantitative estimate of drug-likeness (QED) is 0.0712. The number of aliphatic hydroxyl groups is 1. The Labute approximate surface area is 144 Å². The maximum atomic E-state index is 13.8. The van der Waals surface area contributed by atoms with E-state index in [2.05, 4.69) is 10.0 Å². The molecule has 0 saturated carbocycles. The van der Waals surface area contributed by atoms with E-state index in [1.807, 2.05) is 0 Å². The number of benzene rings is 1. The zero-order valence-corrected chi connectivity index (χ0v) is 13.6. The minimum Gasteiger partial charge on any atom is -0.462 e. The Kier molecular flexibility index (Phi) is 7.38. The van der Waals surface area contributed by atoms with Crippen molar-refractivity contribution in [3.63, 3.8) is 0 Å². The molecule has 0 spiro atoms. The molecule has 26 heavy (non-hydrogen) atoms. The average Bonchev–Trinajstić information content (AvgIpc) is 2.62. The van der Waals surface area contributed by atoms with Crippen LogP contribution in [-0.2, 0) is 9.53 Å². The topological polar surface area (TPSA) is 96.3 Å². The number of hydrogen-bond donors (Lipinski definition) is 1. The number of nitrogens with zero attached hydrogens (tertiary/aromatic N) is 2. The number of esters is 1. The van der Waals surface area contributed by atoms with E-state index < -0.39 is 58.8 Å². The van der Waals surface area contributed by atoms with Crippen LogP contribution in [0.2, 0.25) is 0 Å². The molecule has 1 N–H and O–H groups in total. The van der Waals surface area contributed by atoms with Crippen LogP contribution in [-0.4, -0.2) is 41.1 Å². The highest BCUT2D eigenvalue weighted by Crippen LogP contribution is 2.22. The van der Waals surface area contributed by atoms with Crippen LogP contribution < -0.4 is 0 Å². The van der Waals surface area contributed by atoms with Gasteiger partial charge in [-0.3, -0.25) is 4.79 Å². The van der Waals surface area contributed by atoms with E-state index >= 15 is 0 Å². The lowest BCUT2D eigenvalue weighted by atomic mass is 10.0. The second kappa shape index (κ2) is 9.04. The normalized spacial score (nSPS) is 12.5. The number of ketones is 1. The Hall–Kier alpha value is -2.82. The molecule has 0 aliphatic heterocycles. The van der Waals surface area contributed by atoms with Gasteiger partial charge >= 0.3 is 5.97 Å². The summed E-state index contributed by atoms with van der Waals surface area (Å²) in [6.45, 7) is 1.84. The Morgan fingerprint density at radius 3 is 2.38 bits per heavy atom. The van der Waals surface area contributed by atoms with Crippen molar-refractivity contribution in [2.45, 2.75) is 19.9 Å². The molecule has 1 atom stereocenters. The molecule has 0 radical (unpaired) electrons. The van der Waals surface area contributed by atoms with Crippen LogP contribution in [0, 0.1) is 28.2 Å². The summed E-state index contributed by atoms with van der Waals surface area (Å²) < 4.78 is 58.1. The van der Waals surface area contributed by atoms with Crippen LogP contribution in [0.3, 0.4) is 0 Å². The number of ether oxygens (including phenoxy) is 1. The highest BCUT2D eigenvalue weighted by atomic mass is 19.2. The monoisotopic (exact) mass is 378 g/mol. The molecule has 0 aromatic heterocycles. The third-order valence-corrected chi connectivity index (χ3v) is 3.16. The largest absolute Gasteiger partial charge is 0.462 e. The maximum Gasteiger partial charge on any atom is 0.343 e. The maximum absolute atomic E-state index is 13.8. The van der Waals surface area contributed by atoms with Crippen LogP contribution in [0.25, 0.3) is 0 Å². The number of carbonyl (C=O) groups is 2. The molecule has 1 aromatic carbocycles. The van der Waals surface area contributed by atoms with Gasteiger partial charge in [0.1, 0.15) is 5.57 Å². The van der Waals surface area contributed by atoms with Crippen LogP contribution in [0.5, 0.6) is 0 Å². The number of nitroso groups, excluding NO2 is 1. The molecule has 0 aliphatic rings. The van der Waals surface area contributed by atoms with E-state index in [1.165, 1.54) is 13.8 Å². The summed E-state index contributed by atoms with van der Waals surface area (Å²) in [5.41, 5.74) is -2.29. The van der Waals surface area contributed by atoms with Crippen molar-refractivity contribution >= 4 is 11.8 Å². The SMILES string of the molecule is CCOC(=O)/C(=C\N(N=O)[C@@H](C)CO)C(=O)c1cc(F)c(F)c(F)c1F. The lowest BCUT2D eigenvalue weighted by Crippen LogP contribution is -2.29. The fourth-order valence-electron chi connectivity index (χ4n) is 1.74. The minimum atomic E-state index is -2.24. The van der Waals surface area contributed by atoms with Crippen molar-refractivity contribution in [3.8, 4) is 0 Å². The van der Waals surface area contributed by atoms with Crippen molar-refractivity contribution in [2.24, 2.45) is 5.29 Å². The first-order valence-electron chi connectivity index (χ1n) is 7.18. The molecule has 0 unspecified atom stereocenters. The molecule has 0 fully saturated rings. The van der Waals surface area contributed by atoms with Gasteiger partial charge < -0.3 is 9.84 Å². The molecule has 7 nitrogen and oxygen atoms in total. The van der Waals surface area contributed by atoms with E-state index in [-0.39, 0.29) is 12.7 Å². The fraction of sp³-hybridized carbons (Fsp3) is 0.333. The Balaban J connectivity index is 3.51. The summed E-state index contributed by atoms with van der Waals surface area (Å²) in [6, 6.07) is -0.923. The second-order valence-electron chi connectivity index (χ2n) is 4.93. The number of aliphatic hydroxyl groups excluding tert-OH is 1. The van der Waals surface area contributed by atoms with E-state index in [4.69, 9.17) is 5.11 Å². The van der Waals surface area contributed by atoms with E-state index in [0.717, 1.165) is 0 Å². The number of hydrogen-bond acceptors (Lipinski definition) is 6. The molecule has 0 amide bonds. The molecule has 0 aliphatic carbocycles. The molecule has 1 rings (SSSR count). The first kappa shape index (κ1) is 21.2. The fourth-order valence-corrected chi connectivity index (χ4v) is 1.74. The van der Waals surface area contributed by atoms with Crippen LogP contribution in [0.1, 0.15) is 24.2 Å². The number of rotatable bonds is 8. The van der Waals surface area contributed by atoms with Crippen LogP contribution >= 0.6 is 0 Å². The standard InChI is InChI=1S/C15H14F4N2O5/c1-3-26-15(24)9(5-21(20-25)7(2)6-22)14(23)8-4-10(16)12(18)13(19)11(8)17/h4-5,7,22H,3,6H2,1-2H3/b9-5-/t7-/m0/s1. The minimum absolute atomic E-state index is 0.0668. The first-order valence-corrected chi connectivity index (χ1v) is 7.18. The second-order valence-corrected chi connectivity index (χ2v) is 4.93. The Bertz CT molecular complexity index is 754. The summed E-state index contributed by atoms with van der Waals surface area (Å²) >= 11 is 0. The summed E-state index contributed by atoms with van der Waals surface area (Å²) in [6.07, 6.45) is 0.535. The Morgan fingerprint density at radius 1 is 1.27 bits per heavy atom. The van der Waals surface area contributed by atoms with Crippen molar-refractivity contribution < 1.29 is 37.0 Å². The van der Waals surface area contributed by atoms with Gasteiger partial charge in [0.25, 0.3) is 0 Å². The van der Waals surface area contributed by atoms with Gasteiger partial charge in [0.2, 0.25) is 5.78 Å². The van der Waals surface area contributed by atoms with E-state index in [9.17, 15) is 32.1 Å². The summed E-state index contributed by atoms with van der Waals surface area (Å²) in [4.78, 5) is 35.1. The Morgan fingerprint density at radius 2 is 1.88 bits per heavy atom. The van der Waals surface area contributed by atoms with Crippen molar-refractivity contribution in [1.82, 2.24) is 5.01 Å². The van der Waals surface area contributed by atoms with E-state index in [1.54, 1.807) is 0 Å². The lowest BCUT2D eigenvalue weighted by Gasteiger charge is -2.18. The lowest BCUT2D eigenvalue weighted by molar-refractivity contribution is -0.138. The molecule has 1 aromatic rings. The smallest absolute Gasteiger partial charge is 0.343 e. The zero-order chi connectivity index (χ0) is 20.0. The van der Waals surface area contributed by atoms with Gasteiger partial charge in [-0.25, -0.2) is 27.4 Å². The summed E-state index contributed by atoms with van der Waals surface area (Å²) in [5, 5.41) is 12.0. The van der Waals surface area contributed by atoms with Crippen LogP contribution in [0.4, 0.5) is 17.6 Å². The van der Waals surface area contributed by atoms with Gasteiger partial charge in [0, 0.05) is 6.20 Å². The predicted molar refractivity (Wildman–Crippen MR) is 79.5 cm³/mol. The number of halogens is 4. The van der Waals surface area contributed by atoms with Crippen molar-refractivity contribution in [1.29, 1.82) is 0 Å². The van der Waals surface area contributed by atoms with Crippen molar-refractivity contribution in [2.75, 3.05) is 13.2 Å². The predicted octanol–water partition coefficient (Wildman–Crippen LogP) is 2.24. The van der Waals surface area contributed by atoms with Crippen LogP contribution in [0.15, 0.2) is 23.1 Å². The highest BCUT2D eigenvalue weighted by Gasteiger charge is 2.30. The number of Topliss-reactive ketones (excluding diaryl/α,β-unsaturated/α-hetero) is 1. The molecular formula is C15H14F4N2O5. The van der Waals surface area contributed by atoms with Gasteiger partial charge in [0.05, 0.1) is 30.1 Å². The molecule has 11 heteroatoms. The zero-order valence-electron chi connectivity index (χ0n) is 13.6. The average molecular weight is 378 g/mol. The third kappa shape index (κ3) is 4.42. The molecule has 0 saturated heterocycles. The molecule has 0 heterocycles. The van der Waals surface area contributed by atoms with E-state index in [0.29, 0.717) is 11.2 Å². The van der Waals surface area contributed by atoms with Gasteiger partial charge in [-0.15, -0.1) is 4.91 Å². The van der Waals surface area contributed by atoms with Gasteiger partial charge in [-0.1, -0.05) is 0 Å². The van der Waals surface area contributed by atoms with Crippen molar-refractivity contribution in [3.05, 3.63) is 51.6 Å². The van der Waals surface area contributed by atoms with Gasteiger partial charge in [0.15, 0.2) is 23.3 Å². The highest BCUT2D eigenvalue weighted by molar-refractivity contribution is 6.24. The first-order chi connectivity index (χ1) is 12.2. The molecule has 142 valence electrons. The number of carbonyl (C=O) groups excluding carboxylic acids is 2. The molecular weight excluding hydrogens is 364 g/mol. The summed E-state index contributed by atoms with van der Waals surface area (Å²) in [5.74, 6) is -11.2. The van der Waals surface area contributed by atoms with Gasteiger partial charge in [-0.05, 0) is 19.9 Å². The molecule has 0 bridgehead atoms. The van der Waals surface area contributed by atoms with Gasteiger partial charge in [-0.2, -0.15) is 0 Å². The summed E-state index contributed by atoms with van der Waals surface area (Å²) in [7, 11) is 0.